The Kier molecular flexibility index (Phi) is 5.40. The second-order valence-electron chi connectivity index (χ2n) is 5.68. The molecule has 0 spiro atoms. The van der Waals surface area contributed by atoms with Crippen molar-refractivity contribution in [2.75, 3.05) is 26.3 Å². The molecule has 0 aliphatic carbocycles. The molecule has 0 saturated carbocycles. The molecule has 1 aromatic rings. The van der Waals surface area contributed by atoms with E-state index in [1.54, 1.807) is 0 Å². The fourth-order valence-corrected chi connectivity index (χ4v) is 2.45. The lowest BCUT2D eigenvalue weighted by atomic mass is 10.2. The van der Waals surface area contributed by atoms with Gasteiger partial charge in [0.1, 0.15) is 18.5 Å². The minimum atomic E-state index is -0.484. The average molecular weight is 279 g/mol. The van der Waals surface area contributed by atoms with Crippen LogP contribution in [0.15, 0.2) is 24.3 Å². The molecule has 0 amide bonds. The molecule has 1 saturated heterocycles. The average Bonchev–Trinajstić information content (AvgIpc) is 2.42. The van der Waals surface area contributed by atoms with Crippen LogP contribution in [0.2, 0.25) is 0 Å². The van der Waals surface area contributed by atoms with Crippen molar-refractivity contribution in [1.82, 2.24) is 4.90 Å². The van der Waals surface area contributed by atoms with Gasteiger partial charge in [-0.15, -0.1) is 0 Å². The summed E-state index contributed by atoms with van der Waals surface area (Å²) in [5, 5.41) is 10.2. The van der Waals surface area contributed by atoms with Gasteiger partial charge in [0.05, 0.1) is 12.7 Å². The van der Waals surface area contributed by atoms with Gasteiger partial charge in [-0.1, -0.05) is 18.2 Å². The van der Waals surface area contributed by atoms with Gasteiger partial charge in [0.15, 0.2) is 0 Å². The molecule has 1 fully saturated rings. The maximum absolute atomic E-state index is 10.2. The molecule has 3 atom stereocenters. The second-order valence-corrected chi connectivity index (χ2v) is 5.68. The summed E-state index contributed by atoms with van der Waals surface area (Å²) in [4.78, 5) is 2.26. The monoisotopic (exact) mass is 279 g/mol. The number of aryl methyl sites for hydroxylation is 1. The smallest absolute Gasteiger partial charge is 0.122 e. The van der Waals surface area contributed by atoms with Crippen molar-refractivity contribution >= 4 is 0 Å². The van der Waals surface area contributed by atoms with Crippen LogP contribution in [-0.2, 0) is 4.74 Å². The Bertz CT molecular complexity index is 424. The van der Waals surface area contributed by atoms with E-state index in [4.69, 9.17) is 9.47 Å². The second kappa shape index (κ2) is 7.07. The summed E-state index contributed by atoms with van der Waals surface area (Å²) in [5.41, 5.74) is 1.09. The van der Waals surface area contributed by atoms with Crippen molar-refractivity contribution < 1.29 is 14.6 Å². The number of ether oxygens (including phenoxy) is 2. The van der Waals surface area contributed by atoms with E-state index in [0.717, 1.165) is 24.5 Å². The van der Waals surface area contributed by atoms with E-state index in [2.05, 4.69) is 18.7 Å². The predicted molar refractivity (Wildman–Crippen MR) is 79.1 cm³/mol. The molecular formula is C16H25NO3. The highest BCUT2D eigenvalue weighted by Gasteiger charge is 2.25. The maximum atomic E-state index is 10.2. The van der Waals surface area contributed by atoms with Gasteiger partial charge < -0.3 is 14.6 Å². The number of hydrogen-bond acceptors (Lipinski definition) is 4. The van der Waals surface area contributed by atoms with Crippen LogP contribution in [0.3, 0.4) is 0 Å². The molecular weight excluding hydrogens is 254 g/mol. The van der Waals surface area contributed by atoms with E-state index >= 15 is 0 Å². The van der Waals surface area contributed by atoms with E-state index in [1.165, 1.54) is 0 Å². The zero-order chi connectivity index (χ0) is 14.5. The quantitative estimate of drug-likeness (QED) is 0.893. The van der Waals surface area contributed by atoms with Crippen LogP contribution >= 0.6 is 0 Å². The van der Waals surface area contributed by atoms with Gasteiger partial charge in [0.2, 0.25) is 0 Å². The Morgan fingerprint density at radius 3 is 2.90 bits per heavy atom. The SMILES string of the molecule is Cc1ccccc1OC[C@H](O)CN1C[C@@H](C)OC[C@H]1C. The first kappa shape index (κ1) is 15.3. The van der Waals surface area contributed by atoms with Crippen molar-refractivity contribution in [2.45, 2.75) is 39.0 Å². The van der Waals surface area contributed by atoms with Gasteiger partial charge in [-0.2, -0.15) is 0 Å². The summed E-state index contributed by atoms with van der Waals surface area (Å²) in [6.45, 7) is 8.74. The number of benzene rings is 1. The summed E-state index contributed by atoms with van der Waals surface area (Å²) in [6, 6.07) is 8.21. The molecule has 1 aliphatic heterocycles. The van der Waals surface area contributed by atoms with Crippen molar-refractivity contribution in [3.05, 3.63) is 29.8 Å². The number of aliphatic hydroxyl groups excluding tert-OH is 1. The molecule has 112 valence electrons. The molecule has 1 aromatic carbocycles. The Hall–Kier alpha value is -1.10. The van der Waals surface area contributed by atoms with Crippen molar-refractivity contribution in [2.24, 2.45) is 0 Å². The highest BCUT2D eigenvalue weighted by Crippen LogP contribution is 2.17. The van der Waals surface area contributed by atoms with E-state index < -0.39 is 6.10 Å². The van der Waals surface area contributed by atoms with Crippen molar-refractivity contribution in [1.29, 1.82) is 0 Å². The number of para-hydroxylation sites is 1. The summed E-state index contributed by atoms with van der Waals surface area (Å²) in [5.74, 6) is 0.843. The van der Waals surface area contributed by atoms with Crippen LogP contribution in [0.5, 0.6) is 5.75 Å². The minimum absolute atomic E-state index is 0.232. The van der Waals surface area contributed by atoms with Crippen LogP contribution in [0, 0.1) is 6.92 Å². The van der Waals surface area contributed by atoms with Crippen molar-refractivity contribution in [3.8, 4) is 5.75 Å². The first-order valence-electron chi connectivity index (χ1n) is 7.28. The van der Waals surface area contributed by atoms with Gasteiger partial charge in [-0.05, 0) is 32.4 Å². The maximum Gasteiger partial charge on any atom is 0.122 e. The molecule has 0 unspecified atom stereocenters. The van der Waals surface area contributed by atoms with E-state index in [9.17, 15) is 5.11 Å². The third kappa shape index (κ3) is 4.20. The minimum Gasteiger partial charge on any atom is -0.491 e. The Balaban J connectivity index is 1.80. The third-order valence-corrected chi connectivity index (χ3v) is 3.71. The van der Waals surface area contributed by atoms with Gasteiger partial charge >= 0.3 is 0 Å². The Labute approximate surface area is 121 Å². The summed E-state index contributed by atoms with van der Waals surface area (Å²) < 4.78 is 11.3. The molecule has 0 bridgehead atoms. The van der Waals surface area contributed by atoms with E-state index in [0.29, 0.717) is 19.2 Å². The van der Waals surface area contributed by atoms with E-state index in [1.807, 2.05) is 31.2 Å². The molecule has 1 N–H and O–H groups in total. The Morgan fingerprint density at radius 1 is 1.40 bits per heavy atom. The number of β-amino-alcohol motifs (C(OH)–C–C–N with tert-alkyl or cyclic N) is 1. The van der Waals surface area contributed by atoms with Crippen LogP contribution in [0.25, 0.3) is 0 Å². The molecule has 0 radical (unpaired) electrons. The van der Waals surface area contributed by atoms with Crippen LogP contribution in [-0.4, -0.2) is 54.6 Å². The fourth-order valence-electron chi connectivity index (χ4n) is 2.45. The van der Waals surface area contributed by atoms with Gasteiger partial charge in [0.25, 0.3) is 0 Å². The fraction of sp³-hybridized carbons (Fsp3) is 0.625. The number of rotatable bonds is 5. The molecule has 4 nitrogen and oxygen atoms in total. The highest BCUT2D eigenvalue weighted by atomic mass is 16.5. The molecule has 1 aliphatic rings. The van der Waals surface area contributed by atoms with Crippen LogP contribution in [0.4, 0.5) is 0 Å². The molecule has 20 heavy (non-hydrogen) atoms. The zero-order valence-corrected chi connectivity index (χ0v) is 12.6. The normalized spacial score (nSPS) is 25.4. The Morgan fingerprint density at radius 2 is 2.15 bits per heavy atom. The number of aliphatic hydroxyl groups is 1. The molecule has 1 heterocycles. The molecule has 4 heteroatoms. The number of hydrogen-bond donors (Lipinski definition) is 1. The molecule has 2 rings (SSSR count). The summed E-state index contributed by atoms with van der Waals surface area (Å²) >= 11 is 0. The largest absolute Gasteiger partial charge is 0.491 e. The van der Waals surface area contributed by atoms with Gasteiger partial charge in [-0.25, -0.2) is 0 Å². The predicted octanol–water partition coefficient (Wildman–Crippen LogP) is 1.84. The standard InChI is InChI=1S/C16H25NO3/c1-12-6-4-5-7-16(12)20-11-15(18)9-17-8-14(3)19-10-13(17)2/h4-7,13-15,18H,8-11H2,1-3H3/t13-,14-,15-/m1/s1. The third-order valence-electron chi connectivity index (χ3n) is 3.71. The number of nitrogens with zero attached hydrogens (tertiary/aromatic N) is 1. The topological polar surface area (TPSA) is 41.9 Å². The molecule has 0 aromatic heterocycles. The lowest BCUT2D eigenvalue weighted by Crippen LogP contribution is -2.50. The van der Waals surface area contributed by atoms with Gasteiger partial charge in [0, 0.05) is 19.1 Å². The van der Waals surface area contributed by atoms with Crippen molar-refractivity contribution in [3.63, 3.8) is 0 Å². The first-order valence-corrected chi connectivity index (χ1v) is 7.28. The highest BCUT2D eigenvalue weighted by molar-refractivity contribution is 5.31. The number of morpholine rings is 1. The van der Waals surface area contributed by atoms with E-state index in [-0.39, 0.29) is 6.10 Å². The van der Waals surface area contributed by atoms with Crippen LogP contribution in [0.1, 0.15) is 19.4 Å². The van der Waals surface area contributed by atoms with Crippen LogP contribution < -0.4 is 4.74 Å². The zero-order valence-electron chi connectivity index (χ0n) is 12.6. The lowest BCUT2D eigenvalue weighted by molar-refractivity contribution is -0.0650. The van der Waals surface area contributed by atoms with Gasteiger partial charge in [-0.3, -0.25) is 4.90 Å². The summed E-state index contributed by atoms with van der Waals surface area (Å²) in [7, 11) is 0. The summed E-state index contributed by atoms with van der Waals surface area (Å²) in [6.07, 6.45) is -0.252. The first-order chi connectivity index (χ1) is 9.56. The lowest BCUT2D eigenvalue weighted by Gasteiger charge is -2.37.